The van der Waals surface area contributed by atoms with Gasteiger partial charge in [0.1, 0.15) is 0 Å². The van der Waals surface area contributed by atoms with Crippen LogP contribution in [-0.4, -0.2) is 45.0 Å². The largest absolute Gasteiger partial charge is 0.504 e. The lowest BCUT2D eigenvalue weighted by Gasteiger charge is -2.31. The lowest BCUT2D eigenvalue weighted by Crippen LogP contribution is -2.43. The number of hydrogen-bond acceptors (Lipinski definition) is 5. The molecule has 1 aromatic rings. The van der Waals surface area contributed by atoms with Crippen LogP contribution in [0.1, 0.15) is 23.7 Å². The Kier molecular flexibility index (Phi) is 3.59. The molecule has 0 bridgehead atoms. The third-order valence-electron chi connectivity index (χ3n) is 3.34. The summed E-state index contributed by atoms with van der Waals surface area (Å²) in [4.78, 5) is 13.9. The van der Waals surface area contributed by atoms with Crippen molar-refractivity contribution in [2.24, 2.45) is 11.1 Å². The Balaban J connectivity index is 2.14. The van der Waals surface area contributed by atoms with Crippen LogP contribution < -0.4 is 0 Å². The predicted molar refractivity (Wildman–Crippen MR) is 68.7 cm³/mol. The first kappa shape index (κ1) is 13.2. The number of benzene rings is 1. The van der Waals surface area contributed by atoms with E-state index in [0.29, 0.717) is 30.8 Å². The zero-order valence-electron chi connectivity index (χ0n) is 10.6. The van der Waals surface area contributed by atoms with E-state index in [1.165, 1.54) is 18.2 Å². The summed E-state index contributed by atoms with van der Waals surface area (Å²) in [6, 6.07) is 4.01. The lowest BCUT2D eigenvalue weighted by molar-refractivity contribution is 0.0733. The summed E-state index contributed by atoms with van der Waals surface area (Å²) in [6.07, 6.45) is 0.535. The van der Waals surface area contributed by atoms with E-state index in [2.05, 4.69) is 5.16 Å². The highest BCUT2D eigenvalue weighted by molar-refractivity contribution is 5.96. The van der Waals surface area contributed by atoms with E-state index in [9.17, 15) is 15.0 Å². The van der Waals surface area contributed by atoms with Gasteiger partial charge in [0.15, 0.2) is 11.5 Å². The van der Waals surface area contributed by atoms with Gasteiger partial charge in [0.05, 0.1) is 5.71 Å². The van der Waals surface area contributed by atoms with E-state index in [4.69, 9.17) is 5.21 Å². The average Bonchev–Trinajstić information content (AvgIpc) is 2.41. The first-order valence-electron chi connectivity index (χ1n) is 6.05. The molecule has 1 saturated heterocycles. The van der Waals surface area contributed by atoms with E-state index in [0.717, 1.165) is 0 Å². The van der Waals surface area contributed by atoms with Gasteiger partial charge in [-0.25, -0.2) is 0 Å². The quantitative estimate of drug-likeness (QED) is 0.406. The third kappa shape index (κ3) is 2.62. The molecule has 1 aliphatic rings. The van der Waals surface area contributed by atoms with Gasteiger partial charge in [0.2, 0.25) is 0 Å². The fourth-order valence-electron chi connectivity index (χ4n) is 2.20. The van der Waals surface area contributed by atoms with Crippen LogP contribution in [0.3, 0.4) is 0 Å². The maximum absolute atomic E-state index is 12.2. The normalized spacial score (nSPS) is 21.6. The van der Waals surface area contributed by atoms with E-state index >= 15 is 0 Å². The smallest absolute Gasteiger partial charge is 0.254 e. The van der Waals surface area contributed by atoms with Crippen molar-refractivity contribution in [3.63, 3.8) is 0 Å². The van der Waals surface area contributed by atoms with Crippen LogP contribution in [0.2, 0.25) is 0 Å². The van der Waals surface area contributed by atoms with E-state index in [1.807, 2.05) is 6.92 Å². The maximum Gasteiger partial charge on any atom is 0.254 e. The number of carbonyl (C=O) groups is 1. The topological polar surface area (TPSA) is 93.4 Å². The Labute approximate surface area is 110 Å². The molecule has 102 valence electrons. The van der Waals surface area contributed by atoms with Crippen molar-refractivity contribution in [2.75, 3.05) is 13.1 Å². The number of phenols is 2. The average molecular weight is 264 g/mol. The molecule has 19 heavy (non-hydrogen) atoms. The molecule has 0 aliphatic carbocycles. The molecule has 1 aromatic carbocycles. The maximum atomic E-state index is 12.2. The minimum absolute atomic E-state index is 0.00779. The van der Waals surface area contributed by atoms with Crippen LogP contribution in [0.5, 0.6) is 11.5 Å². The summed E-state index contributed by atoms with van der Waals surface area (Å²) in [5.74, 6) is -0.765. The molecule has 3 N–H and O–H groups in total. The Morgan fingerprint density at radius 2 is 2.11 bits per heavy atom. The summed E-state index contributed by atoms with van der Waals surface area (Å²) in [5, 5.41) is 30.7. The van der Waals surface area contributed by atoms with Crippen LogP contribution in [-0.2, 0) is 0 Å². The molecule has 1 amide bonds. The molecule has 1 atom stereocenters. The highest BCUT2D eigenvalue weighted by Gasteiger charge is 2.26. The highest BCUT2D eigenvalue weighted by Crippen LogP contribution is 2.26. The first-order chi connectivity index (χ1) is 9.02. The Bertz CT molecular complexity index is 527. The van der Waals surface area contributed by atoms with Crippen LogP contribution in [0.4, 0.5) is 0 Å². The van der Waals surface area contributed by atoms with Gasteiger partial charge in [-0.15, -0.1) is 0 Å². The van der Waals surface area contributed by atoms with E-state index < -0.39 is 0 Å². The minimum atomic E-state index is -0.312. The Morgan fingerprint density at radius 3 is 2.68 bits per heavy atom. The zero-order chi connectivity index (χ0) is 14.0. The number of rotatable bonds is 1. The SMILES string of the molecule is CC1CN(C(=O)c2ccc(O)c(O)c2)CC/C1=N\O. The van der Waals surface area contributed by atoms with Crippen molar-refractivity contribution in [2.45, 2.75) is 13.3 Å². The van der Waals surface area contributed by atoms with Crippen molar-refractivity contribution in [3.8, 4) is 11.5 Å². The van der Waals surface area contributed by atoms with E-state index in [1.54, 1.807) is 4.90 Å². The first-order valence-corrected chi connectivity index (χ1v) is 6.05. The number of piperidine rings is 1. The number of aromatic hydroxyl groups is 2. The second kappa shape index (κ2) is 5.17. The second-order valence-corrected chi connectivity index (χ2v) is 4.70. The second-order valence-electron chi connectivity index (χ2n) is 4.70. The molecule has 6 nitrogen and oxygen atoms in total. The molecule has 1 heterocycles. The number of carbonyl (C=O) groups excluding carboxylic acids is 1. The third-order valence-corrected chi connectivity index (χ3v) is 3.34. The molecule has 1 aliphatic heterocycles. The molecule has 1 unspecified atom stereocenters. The number of hydrogen-bond donors (Lipinski definition) is 3. The molecule has 0 radical (unpaired) electrons. The molecule has 6 heteroatoms. The summed E-state index contributed by atoms with van der Waals surface area (Å²) in [5.41, 5.74) is 1.02. The predicted octanol–water partition coefficient (Wildman–Crippen LogP) is 1.41. The molecular formula is C13H16N2O4. The highest BCUT2D eigenvalue weighted by atomic mass is 16.4. The summed E-state index contributed by atoms with van der Waals surface area (Å²) in [7, 11) is 0. The van der Waals surface area contributed by atoms with Gasteiger partial charge < -0.3 is 20.3 Å². The standard InChI is InChI=1S/C13H16N2O4/c1-8-7-15(5-4-10(8)14-19)13(18)9-2-3-11(16)12(17)6-9/h2-3,6,8,16-17,19H,4-5,7H2,1H3/b14-10+. The molecule has 0 aromatic heterocycles. The zero-order valence-corrected chi connectivity index (χ0v) is 10.6. The van der Waals surface area contributed by atoms with Crippen LogP contribution in [0, 0.1) is 5.92 Å². The number of likely N-dealkylation sites (tertiary alicyclic amines) is 1. The van der Waals surface area contributed by atoms with Gasteiger partial charge in [0.25, 0.3) is 5.91 Å². The number of nitrogens with zero attached hydrogens (tertiary/aromatic N) is 2. The van der Waals surface area contributed by atoms with Crippen molar-refractivity contribution in [1.29, 1.82) is 0 Å². The summed E-state index contributed by atoms with van der Waals surface area (Å²) >= 11 is 0. The van der Waals surface area contributed by atoms with Gasteiger partial charge >= 0.3 is 0 Å². The van der Waals surface area contributed by atoms with Gasteiger partial charge in [-0.1, -0.05) is 12.1 Å². The van der Waals surface area contributed by atoms with Crippen molar-refractivity contribution < 1.29 is 20.2 Å². The van der Waals surface area contributed by atoms with Crippen LogP contribution in [0.25, 0.3) is 0 Å². The monoisotopic (exact) mass is 264 g/mol. The Morgan fingerprint density at radius 1 is 1.37 bits per heavy atom. The lowest BCUT2D eigenvalue weighted by atomic mass is 9.97. The number of phenolic OH excluding ortho intramolecular Hbond substituents is 2. The molecule has 0 spiro atoms. The van der Waals surface area contributed by atoms with Gasteiger partial charge in [0, 0.05) is 31.0 Å². The van der Waals surface area contributed by atoms with Gasteiger partial charge in [-0.3, -0.25) is 4.79 Å². The summed E-state index contributed by atoms with van der Waals surface area (Å²) in [6.45, 7) is 2.84. The van der Waals surface area contributed by atoms with Crippen molar-refractivity contribution in [3.05, 3.63) is 23.8 Å². The van der Waals surface area contributed by atoms with Gasteiger partial charge in [-0.2, -0.15) is 0 Å². The fourth-order valence-corrected chi connectivity index (χ4v) is 2.20. The van der Waals surface area contributed by atoms with Crippen LogP contribution in [0.15, 0.2) is 23.4 Å². The molecular weight excluding hydrogens is 248 g/mol. The van der Waals surface area contributed by atoms with Crippen LogP contribution >= 0.6 is 0 Å². The minimum Gasteiger partial charge on any atom is -0.504 e. The molecule has 0 saturated carbocycles. The van der Waals surface area contributed by atoms with Gasteiger partial charge in [-0.05, 0) is 18.2 Å². The summed E-state index contributed by atoms with van der Waals surface area (Å²) < 4.78 is 0. The number of amides is 1. The van der Waals surface area contributed by atoms with Crippen molar-refractivity contribution >= 4 is 11.6 Å². The molecule has 2 rings (SSSR count). The van der Waals surface area contributed by atoms with E-state index in [-0.39, 0.29) is 23.3 Å². The Hall–Kier alpha value is -2.24. The molecule has 1 fully saturated rings. The number of oxime groups is 1. The van der Waals surface area contributed by atoms with Crippen molar-refractivity contribution in [1.82, 2.24) is 4.90 Å². The fraction of sp³-hybridized carbons (Fsp3) is 0.385.